The molecule has 4 nitrogen and oxygen atoms in total. The summed E-state index contributed by atoms with van der Waals surface area (Å²) >= 11 is 0. The number of sulfonamides is 1. The molecular formula is C14H21FN2O2S. The van der Waals surface area contributed by atoms with Gasteiger partial charge in [-0.15, -0.1) is 0 Å². The van der Waals surface area contributed by atoms with Crippen LogP contribution in [0.3, 0.4) is 0 Å². The molecule has 1 heterocycles. The molecule has 6 heteroatoms. The van der Waals surface area contributed by atoms with Crippen molar-refractivity contribution in [1.29, 1.82) is 0 Å². The minimum Gasteiger partial charge on any atom is -0.399 e. The van der Waals surface area contributed by atoms with Gasteiger partial charge in [0.05, 0.1) is 0 Å². The zero-order valence-electron chi connectivity index (χ0n) is 11.8. The summed E-state index contributed by atoms with van der Waals surface area (Å²) in [6.07, 6.45) is 1.65. The second-order valence-corrected chi connectivity index (χ2v) is 7.58. The molecular weight excluding hydrogens is 279 g/mol. The fourth-order valence-corrected chi connectivity index (χ4v) is 4.16. The molecule has 0 bridgehead atoms. The molecule has 20 heavy (non-hydrogen) atoms. The van der Waals surface area contributed by atoms with Crippen molar-refractivity contribution in [3.8, 4) is 0 Å². The van der Waals surface area contributed by atoms with Crippen molar-refractivity contribution in [3.63, 3.8) is 0 Å². The largest absolute Gasteiger partial charge is 0.399 e. The summed E-state index contributed by atoms with van der Waals surface area (Å²) in [5, 5.41) is 0. The van der Waals surface area contributed by atoms with Crippen LogP contribution in [0.15, 0.2) is 23.1 Å². The number of piperidine rings is 1. The lowest BCUT2D eigenvalue weighted by Crippen LogP contribution is -2.39. The molecule has 0 aromatic heterocycles. The van der Waals surface area contributed by atoms with E-state index >= 15 is 0 Å². The first-order valence-corrected chi connectivity index (χ1v) is 8.31. The smallest absolute Gasteiger partial charge is 0.245 e. The van der Waals surface area contributed by atoms with Gasteiger partial charge in [-0.1, -0.05) is 13.8 Å². The van der Waals surface area contributed by atoms with Crippen molar-refractivity contribution in [2.75, 3.05) is 18.8 Å². The predicted molar refractivity (Wildman–Crippen MR) is 77.1 cm³/mol. The van der Waals surface area contributed by atoms with Gasteiger partial charge in [-0.25, -0.2) is 12.8 Å². The monoisotopic (exact) mass is 300 g/mol. The zero-order valence-corrected chi connectivity index (χ0v) is 12.7. The lowest BCUT2D eigenvalue weighted by Gasteiger charge is -2.33. The van der Waals surface area contributed by atoms with Crippen LogP contribution in [-0.2, 0) is 10.0 Å². The van der Waals surface area contributed by atoms with Crippen LogP contribution in [0.5, 0.6) is 0 Å². The summed E-state index contributed by atoms with van der Waals surface area (Å²) in [6, 6.07) is 3.71. The molecule has 2 rings (SSSR count). The van der Waals surface area contributed by atoms with Gasteiger partial charge in [0.15, 0.2) is 0 Å². The number of benzene rings is 1. The molecule has 0 spiro atoms. The molecule has 0 aliphatic carbocycles. The van der Waals surface area contributed by atoms with Gasteiger partial charge in [-0.2, -0.15) is 4.31 Å². The van der Waals surface area contributed by atoms with Crippen LogP contribution in [0, 0.1) is 17.7 Å². The van der Waals surface area contributed by atoms with Gasteiger partial charge in [0, 0.05) is 18.8 Å². The standard InChI is InChI=1S/C14H21FN2O2S/c1-10(2)11-5-7-17(8-6-11)20(18,19)14-4-3-12(16)9-13(14)15/h3-4,9-11H,5-8,16H2,1-2H3. The fourth-order valence-electron chi connectivity index (χ4n) is 2.65. The maximum Gasteiger partial charge on any atom is 0.245 e. The predicted octanol–water partition coefficient (Wildman–Crippen LogP) is 2.46. The topological polar surface area (TPSA) is 63.4 Å². The molecule has 2 N–H and O–H groups in total. The number of nitrogen functional groups attached to an aromatic ring is 1. The van der Waals surface area contributed by atoms with E-state index < -0.39 is 15.8 Å². The van der Waals surface area contributed by atoms with E-state index in [0.29, 0.717) is 24.9 Å². The molecule has 1 fully saturated rings. The Balaban J connectivity index is 2.20. The van der Waals surface area contributed by atoms with Crippen molar-refractivity contribution >= 4 is 15.7 Å². The molecule has 0 atom stereocenters. The third-order valence-electron chi connectivity index (χ3n) is 4.02. The first-order chi connectivity index (χ1) is 9.32. The SMILES string of the molecule is CC(C)C1CCN(S(=O)(=O)c2ccc(N)cc2F)CC1. The van der Waals surface area contributed by atoms with E-state index in [0.717, 1.165) is 18.9 Å². The summed E-state index contributed by atoms with van der Waals surface area (Å²) in [6.45, 7) is 5.20. The highest BCUT2D eigenvalue weighted by atomic mass is 32.2. The highest BCUT2D eigenvalue weighted by Crippen LogP contribution is 2.29. The summed E-state index contributed by atoms with van der Waals surface area (Å²) in [4.78, 5) is -0.283. The number of hydrogen-bond donors (Lipinski definition) is 1. The van der Waals surface area contributed by atoms with Crippen molar-refractivity contribution in [2.24, 2.45) is 11.8 Å². The Labute approximate surface area is 119 Å². The molecule has 1 aliphatic rings. The van der Waals surface area contributed by atoms with Crippen molar-refractivity contribution in [1.82, 2.24) is 4.31 Å². The average molecular weight is 300 g/mol. The van der Waals surface area contributed by atoms with Crippen LogP contribution in [0.1, 0.15) is 26.7 Å². The van der Waals surface area contributed by atoms with Gasteiger partial charge in [0.25, 0.3) is 0 Å². The van der Waals surface area contributed by atoms with Crippen molar-refractivity contribution in [2.45, 2.75) is 31.6 Å². The Hall–Kier alpha value is -1.14. The summed E-state index contributed by atoms with van der Waals surface area (Å²) in [7, 11) is -3.76. The summed E-state index contributed by atoms with van der Waals surface area (Å²) in [5.74, 6) is 0.307. The van der Waals surface area contributed by atoms with Gasteiger partial charge in [0.1, 0.15) is 10.7 Å². The quantitative estimate of drug-likeness (QED) is 0.872. The highest BCUT2D eigenvalue weighted by Gasteiger charge is 2.31. The van der Waals surface area contributed by atoms with Crippen LogP contribution in [0.4, 0.5) is 10.1 Å². The summed E-state index contributed by atoms with van der Waals surface area (Å²) < 4.78 is 40.1. The van der Waals surface area contributed by atoms with Gasteiger partial charge in [-0.05, 0) is 42.9 Å². The Bertz CT molecular complexity index is 579. The number of rotatable bonds is 3. The first-order valence-electron chi connectivity index (χ1n) is 6.87. The second-order valence-electron chi connectivity index (χ2n) is 5.68. The molecule has 0 amide bonds. The Morgan fingerprint density at radius 3 is 2.40 bits per heavy atom. The third kappa shape index (κ3) is 2.96. The highest BCUT2D eigenvalue weighted by molar-refractivity contribution is 7.89. The van der Waals surface area contributed by atoms with Gasteiger partial charge in [-0.3, -0.25) is 0 Å². The van der Waals surface area contributed by atoms with Gasteiger partial charge >= 0.3 is 0 Å². The fraction of sp³-hybridized carbons (Fsp3) is 0.571. The van der Waals surface area contributed by atoms with Gasteiger partial charge in [0.2, 0.25) is 10.0 Å². The molecule has 1 aromatic carbocycles. The van der Waals surface area contributed by atoms with E-state index in [-0.39, 0.29) is 10.6 Å². The molecule has 1 aromatic rings. The number of halogens is 1. The Morgan fingerprint density at radius 2 is 1.90 bits per heavy atom. The molecule has 1 aliphatic heterocycles. The number of anilines is 1. The van der Waals surface area contributed by atoms with Crippen molar-refractivity contribution < 1.29 is 12.8 Å². The van der Waals surface area contributed by atoms with Crippen LogP contribution >= 0.6 is 0 Å². The van der Waals surface area contributed by atoms with E-state index in [2.05, 4.69) is 13.8 Å². The molecule has 0 unspecified atom stereocenters. The van der Waals surface area contributed by atoms with Gasteiger partial charge < -0.3 is 5.73 Å². The van der Waals surface area contributed by atoms with Crippen LogP contribution < -0.4 is 5.73 Å². The van der Waals surface area contributed by atoms with E-state index in [1.54, 1.807) is 0 Å². The van der Waals surface area contributed by atoms with E-state index in [1.165, 1.54) is 16.4 Å². The maximum atomic E-state index is 13.8. The van der Waals surface area contributed by atoms with Crippen LogP contribution in [-0.4, -0.2) is 25.8 Å². The number of hydrogen-bond acceptors (Lipinski definition) is 3. The van der Waals surface area contributed by atoms with E-state index in [1.807, 2.05) is 0 Å². The zero-order chi connectivity index (χ0) is 14.9. The molecule has 0 saturated carbocycles. The van der Waals surface area contributed by atoms with E-state index in [4.69, 9.17) is 5.73 Å². The molecule has 0 radical (unpaired) electrons. The lowest BCUT2D eigenvalue weighted by atomic mass is 9.87. The Morgan fingerprint density at radius 1 is 1.30 bits per heavy atom. The minimum absolute atomic E-state index is 0.222. The number of nitrogens with two attached hydrogens (primary N) is 1. The Kier molecular flexibility index (Phi) is 4.34. The minimum atomic E-state index is -3.76. The van der Waals surface area contributed by atoms with Crippen LogP contribution in [0.2, 0.25) is 0 Å². The first kappa shape index (κ1) is 15.3. The second kappa shape index (κ2) is 5.69. The third-order valence-corrected chi connectivity index (χ3v) is 5.95. The lowest BCUT2D eigenvalue weighted by molar-refractivity contribution is 0.226. The molecule has 112 valence electrons. The molecule has 1 saturated heterocycles. The van der Waals surface area contributed by atoms with Crippen LogP contribution in [0.25, 0.3) is 0 Å². The maximum absolute atomic E-state index is 13.8. The number of nitrogens with zero attached hydrogens (tertiary/aromatic N) is 1. The van der Waals surface area contributed by atoms with E-state index in [9.17, 15) is 12.8 Å². The normalized spacial score (nSPS) is 18.6. The average Bonchev–Trinajstić information content (AvgIpc) is 2.38. The van der Waals surface area contributed by atoms with Crippen molar-refractivity contribution in [3.05, 3.63) is 24.0 Å². The summed E-state index contributed by atoms with van der Waals surface area (Å²) in [5.41, 5.74) is 5.67.